The molecule has 0 fully saturated rings. The highest BCUT2D eigenvalue weighted by molar-refractivity contribution is 7.11. The van der Waals surface area contributed by atoms with Crippen LogP contribution in [0.3, 0.4) is 0 Å². The van der Waals surface area contributed by atoms with Crippen molar-refractivity contribution in [3.05, 3.63) is 39.8 Å². The molecule has 0 unspecified atom stereocenters. The van der Waals surface area contributed by atoms with Gasteiger partial charge in [0.2, 0.25) is 0 Å². The quantitative estimate of drug-likeness (QED) is 0.558. The normalized spacial score (nSPS) is 11.3. The molecular weight excluding hydrogens is 312 g/mol. The summed E-state index contributed by atoms with van der Waals surface area (Å²) in [7, 11) is 1.53. The number of hydrogen-bond donors (Lipinski definition) is 3. The molecule has 1 aromatic carbocycles. The van der Waals surface area contributed by atoms with Crippen LogP contribution >= 0.6 is 11.3 Å². The van der Waals surface area contributed by atoms with Crippen LogP contribution in [0.1, 0.15) is 22.4 Å². The molecule has 0 radical (unpaired) electrons. The van der Waals surface area contributed by atoms with Gasteiger partial charge in [-0.1, -0.05) is 12.1 Å². The predicted octanol–water partition coefficient (Wildman–Crippen LogP) is 2.42. The summed E-state index contributed by atoms with van der Waals surface area (Å²) in [5.74, 6) is 1.27. The van der Waals surface area contributed by atoms with E-state index in [2.05, 4.69) is 20.6 Å². The summed E-state index contributed by atoms with van der Waals surface area (Å²) in [6, 6.07) is 5.38. The van der Waals surface area contributed by atoms with Crippen LogP contribution in [0.25, 0.3) is 0 Å². The number of hydrogen-bond acceptors (Lipinski definition) is 5. The smallest absolute Gasteiger partial charge is 0.191 e. The second-order valence-electron chi connectivity index (χ2n) is 4.88. The molecule has 0 saturated heterocycles. The van der Waals surface area contributed by atoms with Gasteiger partial charge in [0.25, 0.3) is 0 Å². The van der Waals surface area contributed by atoms with E-state index < -0.39 is 0 Å². The van der Waals surface area contributed by atoms with Crippen molar-refractivity contribution >= 4 is 17.3 Å². The predicted molar refractivity (Wildman–Crippen MR) is 93.2 cm³/mol. The first kappa shape index (κ1) is 17.1. The molecule has 0 bridgehead atoms. The van der Waals surface area contributed by atoms with Crippen LogP contribution in [0.5, 0.6) is 11.5 Å². The van der Waals surface area contributed by atoms with Crippen molar-refractivity contribution < 1.29 is 9.84 Å². The minimum Gasteiger partial charge on any atom is -0.504 e. The number of guanidine groups is 1. The molecule has 124 valence electrons. The van der Waals surface area contributed by atoms with E-state index in [1.165, 1.54) is 12.0 Å². The molecule has 0 aliphatic carbocycles. The minimum absolute atomic E-state index is 0.130. The van der Waals surface area contributed by atoms with Gasteiger partial charge in [-0.25, -0.2) is 9.98 Å². The van der Waals surface area contributed by atoms with Crippen LogP contribution < -0.4 is 15.4 Å². The summed E-state index contributed by atoms with van der Waals surface area (Å²) < 4.78 is 5.11. The van der Waals surface area contributed by atoms with Gasteiger partial charge in [-0.2, -0.15) is 0 Å². The van der Waals surface area contributed by atoms with Crippen molar-refractivity contribution in [1.29, 1.82) is 0 Å². The van der Waals surface area contributed by atoms with E-state index in [4.69, 9.17) is 4.74 Å². The van der Waals surface area contributed by atoms with E-state index in [1.807, 2.05) is 32.2 Å². The van der Waals surface area contributed by atoms with Crippen molar-refractivity contribution in [1.82, 2.24) is 15.6 Å². The number of methoxy groups -OCH3 is 1. The average Bonchev–Trinajstić information content (AvgIpc) is 2.96. The van der Waals surface area contributed by atoms with Crippen LogP contribution in [0.15, 0.2) is 29.4 Å². The zero-order valence-electron chi connectivity index (χ0n) is 13.6. The number of aromatic nitrogens is 1. The molecule has 6 nitrogen and oxygen atoms in total. The van der Waals surface area contributed by atoms with E-state index in [9.17, 15) is 5.11 Å². The highest BCUT2D eigenvalue weighted by Gasteiger charge is 2.07. The molecule has 3 N–H and O–H groups in total. The molecule has 2 rings (SSSR count). The van der Waals surface area contributed by atoms with Gasteiger partial charge in [0.05, 0.1) is 20.2 Å². The summed E-state index contributed by atoms with van der Waals surface area (Å²) in [6.45, 7) is 5.77. The first-order valence-electron chi connectivity index (χ1n) is 7.42. The first-order valence-corrected chi connectivity index (χ1v) is 8.24. The Morgan fingerprint density at radius 3 is 2.87 bits per heavy atom. The molecule has 0 atom stereocenters. The van der Waals surface area contributed by atoms with E-state index in [0.717, 1.165) is 11.6 Å². The number of ether oxygens (including phenoxy) is 1. The lowest BCUT2D eigenvalue weighted by atomic mass is 10.2. The zero-order chi connectivity index (χ0) is 16.7. The third-order valence-electron chi connectivity index (χ3n) is 3.13. The Bertz CT molecular complexity index is 670. The monoisotopic (exact) mass is 334 g/mol. The van der Waals surface area contributed by atoms with Crippen LogP contribution in [0.4, 0.5) is 0 Å². The molecule has 2 aromatic rings. The number of nitrogens with zero attached hydrogens (tertiary/aromatic N) is 2. The van der Waals surface area contributed by atoms with Gasteiger partial charge >= 0.3 is 0 Å². The number of para-hydroxylation sites is 1. The second kappa shape index (κ2) is 8.38. The number of benzene rings is 1. The average molecular weight is 334 g/mol. The molecule has 0 aliphatic heterocycles. The highest BCUT2D eigenvalue weighted by atomic mass is 32.1. The number of nitrogens with one attached hydrogen (secondary N) is 2. The maximum Gasteiger partial charge on any atom is 0.191 e. The molecule has 0 aliphatic rings. The van der Waals surface area contributed by atoms with Gasteiger partial charge in [0, 0.05) is 23.2 Å². The molecule has 1 heterocycles. The number of phenols is 1. The van der Waals surface area contributed by atoms with Crippen LogP contribution in [-0.2, 0) is 13.1 Å². The van der Waals surface area contributed by atoms with Gasteiger partial charge < -0.3 is 20.5 Å². The van der Waals surface area contributed by atoms with Gasteiger partial charge in [0.15, 0.2) is 17.5 Å². The van der Waals surface area contributed by atoms with E-state index in [-0.39, 0.29) is 5.75 Å². The standard InChI is InChI=1S/C16H22N4O2S/c1-4-17-16(20-10-14-18-8-11(2)23-14)19-9-12-6-5-7-13(22-3)15(12)21/h5-8,21H,4,9-10H2,1-3H3,(H2,17,19,20). The third-order valence-corrected chi connectivity index (χ3v) is 4.04. The van der Waals surface area contributed by atoms with Crippen LogP contribution in [0, 0.1) is 6.92 Å². The lowest BCUT2D eigenvalue weighted by Crippen LogP contribution is -2.36. The lowest BCUT2D eigenvalue weighted by Gasteiger charge is -2.11. The molecule has 23 heavy (non-hydrogen) atoms. The van der Waals surface area contributed by atoms with Gasteiger partial charge in [-0.05, 0) is 19.9 Å². The highest BCUT2D eigenvalue weighted by Crippen LogP contribution is 2.29. The number of aromatic hydroxyl groups is 1. The molecule has 0 spiro atoms. The van der Waals surface area contributed by atoms with E-state index in [1.54, 1.807) is 17.4 Å². The van der Waals surface area contributed by atoms with Gasteiger partial charge in [-0.3, -0.25) is 0 Å². The largest absolute Gasteiger partial charge is 0.504 e. The molecule has 1 aromatic heterocycles. The Hall–Kier alpha value is -2.28. The number of phenolic OH excluding ortho intramolecular Hbond substituents is 1. The van der Waals surface area contributed by atoms with E-state index in [0.29, 0.717) is 30.4 Å². The fraction of sp³-hybridized carbons (Fsp3) is 0.375. The SMILES string of the molecule is CCNC(=NCc1cccc(OC)c1O)NCc1ncc(C)s1. The number of thiazole rings is 1. The maximum atomic E-state index is 10.1. The summed E-state index contributed by atoms with van der Waals surface area (Å²) in [6.07, 6.45) is 1.86. The first-order chi connectivity index (χ1) is 11.1. The van der Waals surface area contributed by atoms with Crippen molar-refractivity contribution in [2.45, 2.75) is 26.9 Å². The summed E-state index contributed by atoms with van der Waals surface area (Å²) in [4.78, 5) is 10.0. The Balaban J connectivity index is 2.03. The molecule has 7 heteroatoms. The second-order valence-corrected chi connectivity index (χ2v) is 6.20. The maximum absolute atomic E-state index is 10.1. The number of aryl methyl sites for hydroxylation is 1. The Morgan fingerprint density at radius 2 is 2.22 bits per heavy atom. The van der Waals surface area contributed by atoms with Gasteiger partial charge in [-0.15, -0.1) is 11.3 Å². The molecule has 0 saturated carbocycles. The Morgan fingerprint density at radius 1 is 1.39 bits per heavy atom. The fourth-order valence-corrected chi connectivity index (χ4v) is 2.74. The van der Waals surface area contributed by atoms with E-state index >= 15 is 0 Å². The zero-order valence-corrected chi connectivity index (χ0v) is 14.4. The lowest BCUT2D eigenvalue weighted by molar-refractivity contribution is 0.370. The van der Waals surface area contributed by atoms with Crippen LogP contribution in [0.2, 0.25) is 0 Å². The van der Waals surface area contributed by atoms with Crippen molar-refractivity contribution in [2.24, 2.45) is 4.99 Å². The van der Waals surface area contributed by atoms with Crippen molar-refractivity contribution in [3.63, 3.8) is 0 Å². The van der Waals surface area contributed by atoms with Gasteiger partial charge in [0.1, 0.15) is 5.01 Å². The number of aliphatic imine (C=N–C) groups is 1. The molecule has 0 amide bonds. The topological polar surface area (TPSA) is 78.8 Å². The Kier molecular flexibility index (Phi) is 6.22. The minimum atomic E-state index is 0.130. The van der Waals surface area contributed by atoms with Crippen molar-refractivity contribution in [3.8, 4) is 11.5 Å². The summed E-state index contributed by atoms with van der Waals surface area (Å²) >= 11 is 1.66. The summed E-state index contributed by atoms with van der Waals surface area (Å²) in [5.41, 5.74) is 0.714. The Labute approximate surface area is 140 Å². The number of rotatable bonds is 6. The summed E-state index contributed by atoms with van der Waals surface area (Å²) in [5, 5.41) is 17.5. The fourth-order valence-electron chi connectivity index (χ4n) is 2.01. The molecular formula is C16H22N4O2S. The van der Waals surface area contributed by atoms with Crippen LogP contribution in [-0.4, -0.2) is 29.7 Å². The van der Waals surface area contributed by atoms with Crippen molar-refractivity contribution in [2.75, 3.05) is 13.7 Å². The third kappa shape index (κ3) is 4.85.